The van der Waals surface area contributed by atoms with Crippen LogP contribution in [-0.4, -0.2) is 22.8 Å². The van der Waals surface area contributed by atoms with Gasteiger partial charge in [0.15, 0.2) is 0 Å². The maximum absolute atomic E-state index is 5.90. The van der Waals surface area contributed by atoms with E-state index in [9.17, 15) is 0 Å². The van der Waals surface area contributed by atoms with Crippen molar-refractivity contribution in [2.75, 3.05) is 18.9 Å². The van der Waals surface area contributed by atoms with Gasteiger partial charge in [-0.1, -0.05) is 20.8 Å². The number of imidazole rings is 1. The van der Waals surface area contributed by atoms with Gasteiger partial charge in [0.2, 0.25) is 0 Å². The van der Waals surface area contributed by atoms with Gasteiger partial charge in [-0.3, -0.25) is 0 Å². The second kappa shape index (κ2) is 5.34. The number of fused-ring (bicyclic) bond motifs is 1. The van der Waals surface area contributed by atoms with E-state index in [4.69, 9.17) is 15.5 Å². The molecule has 4 heteroatoms. The van der Waals surface area contributed by atoms with E-state index in [1.54, 1.807) is 0 Å². The van der Waals surface area contributed by atoms with Gasteiger partial charge in [-0.2, -0.15) is 0 Å². The highest BCUT2D eigenvalue weighted by atomic mass is 16.5. The molecule has 2 heterocycles. The molecular formula is C17H25N3O. The molecule has 1 aromatic carbocycles. The molecule has 3 rings (SSSR count). The molecule has 1 fully saturated rings. The van der Waals surface area contributed by atoms with E-state index in [0.717, 1.165) is 43.2 Å². The van der Waals surface area contributed by atoms with Crippen LogP contribution < -0.4 is 5.73 Å². The van der Waals surface area contributed by atoms with Crippen LogP contribution >= 0.6 is 0 Å². The normalized spacial score (nSPS) is 19.5. The smallest absolute Gasteiger partial charge is 0.115 e. The summed E-state index contributed by atoms with van der Waals surface area (Å²) in [4.78, 5) is 4.84. The summed E-state index contributed by atoms with van der Waals surface area (Å²) in [6, 6.07) is 6.03. The van der Waals surface area contributed by atoms with Gasteiger partial charge in [-0.05, 0) is 37.0 Å². The highest BCUT2D eigenvalue weighted by molar-refractivity contribution is 5.79. The summed E-state index contributed by atoms with van der Waals surface area (Å²) in [6.07, 6.45) is 2.34. The minimum absolute atomic E-state index is 0.0277. The third-order valence-corrected chi connectivity index (χ3v) is 4.23. The molecule has 114 valence electrons. The van der Waals surface area contributed by atoms with Gasteiger partial charge in [0.05, 0.1) is 11.0 Å². The quantitative estimate of drug-likeness (QED) is 0.881. The third-order valence-electron chi connectivity index (χ3n) is 4.23. The van der Waals surface area contributed by atoms with Gasteiger partial charge in [0, 0.05) is 30.9 Å². The fourth-order valence-electron chi connectivity index (χ4n) is 3.07. The maximum atomic E-state index is 5.90. The molecule has 1 aliphatic heterocycles. The summed E-state index contributed by atoms with van der Waals surface area (Å²) in [5.74, 6) is 1.83. The molecule has 0 bridgehead atoms. The van der Waals surface area contributed by atoms with E-state index in [1.165, 1.54) is 11.9 Å². The number of ether oxygens (including phenoxy) is 1. The van der Waals surface area contributed by atoms with E-state index in [0.29, 0.717) is 5.92 Å². The zero-order chi connectivity index (χ0) is 15.0. The van der Waals surface area contributed by atoms with E-state index < -0.39 is 0 Å². The van der Waals surface area contributed by atoms with E-state index in [2.05, 4.69) is 31.4 Å². The molecule has 1 saturated heterocycles. The molecule has 1 aliphatic rings. The molecule has 0 spiro atoms. The van der Waals surface area contributed by atoms with Crippen molar-refractivity contribution in [3.63, 3.8) is 0 Å². The van der Waals surface area contributed by atoms with Gasteiger partial charge in [-0.25, -0.2) is 4.98 Å². The van der Waals surface area contributed by atoms with Crippen LogP contribution in [-0.2, 0) is 16.7 Å². The number of hydrogen-bond donors (Lipinski definition) is 1. The average Bonchev–Trinajstić information content (AvgIpc) is 3.01. The molecule has 0 radical (unpaired) electrons. The number of aryl methyl sites for hydroxylation is 1. The molecule has 21 heavy (non-hydrogen) atoms. The molecule has 2 N–H and O–H groups in total. The minimum atomic E-state index is 0.0277. The number of benzene rings is 1. The van der Waals surface area contributed by atoms with Gasteiger partial charge in [0.25, 0.3) is 0 Å². The van der Waals surface area contributed by atoms with Crippen molar-refractivity contribution in [2.45, 2.75) is 45.6 Å². The second-order valence-electron chi connectivity index (χ2n) is 7.10. The summed E-state index contributed by atoms with van der Waals surface area (Å²) >= 11 is 0. The van der Waals surface area contributed by atoms with Crippen molar-refractivity contribution < 1.29 is 4.74 Å². The first kappa shape index (κ1) is 14.4. The van der Waals surface area contributed by atoms with Gasteiger partial charge >= 0.3 is 0 Å². The number of hydrogen-bond acceptors (Lipinski definition) is 3. The fourth-order valence-corrected chi connectivity index (χ4v) is 3.07. The first-order valence-corrected chi connectivity index (χ1v) is 7.79. The molecule has 0 aliphatic carbocycles. The van der Waals surface area contributed by atoms with E-state index in [-0.39, 0.29) is 5.41 Å². The molecule has 2 aromatic rings. The Labute approximate surface area is 126 Å². The van der Waals surface area contributed by atoms with Gasteiger partial charge < -0.3 is 15.0 Å². The van der Waals surface area contributed by atoms with Crippen LogP contribution in [0.4, 0.5) is 5.69 Å². The van der Waals surface area contributed by atoms with Crippen molar-refractivity contribution in [3.05, 3.63) is 24.0 Å². The number of nitrogens with zero attached hydrogens (tertiary/aromatic N) is 2. The van der Waals surface area contributed by atoms with Crippen molar-refractivity contribution in [1.82, 2.24) is 9.55 Å². The topological polar surface area (TPSA) is 53.1 Å². The Hall–Kier alpha value is -1.55. The Balaban J connectivity index is 1.96. The number of rotatable bonds is 3. The van der Waals surface area contributed by atoms with Crippen molar-refractivity contribution in [3.8, 4) is 0 Å². The lowest BCUT2D eigenvalue weighted by molar-refractivity contribution is 0.183. The largest absolute Gasteiger partial charge is 0.399 e. The zero-order valence-corrected chi connectivity index (χ0v) is 13.2. The first-order valence-electron chi connectivity index (χ1n) is 7.79. The van der Waals surface area contributed by atoms with Crippen LogP contribution in [0, 0.1) is 5.92 Å². The SMILES string of the molecule is CC(C)(C)c1nc2cc(N)ccc2n1CCC1CCOC1. The summed E-state index contributed by atoms with van der Waals surface area (Å²) in [5.41, 5.74) is 8.89. The Morgan fingerprint density at radius 3 is 2.86 bits per heavy atom. The predicted octanol–water partition coefficient (Wildman–Crippen LogP) is 3.34. The lowest BCUT2D eigenvalue weighted by Crippen LogP contribution is -2.20. The lowest BCUT2D eigenvalue weighted by Gasteiger charge is -2.21. The fraction of sp³-hybridized carbons (Fsp3) is 0.588. The lowest BCUT2D eigenvalue weighted by atomic mass is 9.95. The van der Waals surface area contributed by atoms with Crippen LogP contribution in [0.1, 0.15) is 39.4 Å². The number of aromatic nitrogens is 2. The van der Waals surface area contributed by atoms with Crippen molar-refractivity contribution >= 4 is 16.7 Å². The van der Waals surface area contributed by atoms with Gasteiger partial charge in [-0.15, -0.1) is 0 Å². The summed E-state index contributed by atoms with van der Waals surface area (Å²) < 4.78 is 7.85. The van der Waals surface area contributed by atoms with Crippen LogP contribution in [0.25, 0.3) is 11.0 Å². The van der Waals surface area contributed by atoms with Crippen LogP contribution in [0.2, 0.25) is 0 Å². The summed E-state index contributed by atoms with van der Waals surface area (Å²) in [7, 11) is 0. The van der Waals surface area contributed by atoms with Gasteiger partial charge in [0.1, 0.15) is 5.82 Å². The summed E-state index contributed by atoms with van der Waals surface area (Å²) in [5, 5.41) is 0. The van der Waals surface area contributed by atoms with Crippen LogP contribution in [0.15, 0.2) is 18.2 Å². The number of nitrogens with two attached hydrogens (primary N) is 1. The summed E-state index contributed by atoms with van der Waals surface area (Å²) in [6.45, 7) is 9.47. The molecule has 1 atom stereocenters. The Bertz CT molecular complexity index is 633. The van der Waals surface area contributed by atoms with E-state index >= 15 is 0 Å². The Kier molecular flexibility index (Phi) is 3.66. The average molecular weight is 287 g/mol. The molecular weight excluding hydrogens is 262 g/mol. The molecule has 0 amide bonds. The first-order chi connectivity index (χ1) is 9.95. The Morgan fingerprint density at radius 1 is 1.38 bits per heavy atom. The number of anilines is 1. The minimum Gasteiger partial charge on any atom is -0.399 e. The maximum Gasteiger partial charge on any atom is 0.115 e. The van der Waals surface area contributed by atoms with Crippen molar-refractivity contribution in [2.24, 2.45) is 5.92 Å². The predicted molar refractivity (Wildman–Crippen MR) is 86.4 cm³/mol. The van der Waals surface area contributed by atoms with Crippen LogP contribution in [0.5, 0.6) is 0 Å². The standard InChI is InChI=1S/C17H25N3O/c1-17(2,3)16-19-14-10-13(18)4-5-15(14)20(16)8-6-12-7-9-21-11-12/h4-5,10,12H,6-9,11,18H2,1-3H3. The second-order valence-corrected chi connectivity index (χ2v) is 7.10. The third kappa shape index (κ3) is 2.91. The van der Waals surface area contributed by atoms with E-state index in [1.807, 2.05) is 12.1 Å². The highest BCUT2D eigenvalue weighted by Crippen LogP contribution is 2.29. The molecule has 1 aromatic heterocycles. The van der Waals surface area contributed by atoms with Crippen molar-refractivity contribution in [1.29, 1.82) is 0 Å². The number of nitrogen functional groups attached to an aromatic ring is 1. The monoisotopic (exact) mass is 287 g/mol. The molecule has 1 unspecified atom stereocenters. The Morgan fingerprint density at radius 2 is 2.19 bits per heavy atom. The zero-order valence-electron chi connectivity index (χ0n) is 13.2. The highest BCUT2D eigenvalue weighted by Gasteiger charge is 2.24. The van der Waals surface area contributed by atoms with Crippen LogP contribution in [0.3, 0.4) is 0 Å². The molecule has 4 nitrogen and oxygen atoms in total. The molecule has 0 saturated carbocycles.